The third kappa shape index (κ3) is 23.1. The molecule has 10 nitrogen and oxygen atoms in total. The standard InChI is InChI=1S/C17H32N3O7P.C11H24/c1-2-3-4-5-9-25-10-6-11-27-28(23,24)14-26-15(13-21)12-20-8-7-16(18)19-17(20)22;1-4-5-6-7-8-9-10-11(2)3/h7-8,15,21H,2-6,9-14H2,1H3,(H,23,24)(H2,18,19,22);11H,4-10H2,1-3H3. The molecule has 2 unspecified atom stereocenters. The molecule has 0 bridgehead atoms. The van der Waals surface area contributed by atoms with Crippen molar-refractivity contribution in [3.05, 3.63) is 22.7 Å². The van der Waals surface area contributed by atoms with E-state index in [4.69, 9.17) is 19.7 Å². The van der Waals surface area contributed by atoms with Crippen molar-refractivity contribution < 1.29 is 28.6 Å². The van der Waals surface area contributed by atoms with Gasteiger partial charge in [0.25, 0.3) is 0 Å². The maximum atomic E-state index is 12.0. The molecule has 1 aromatic rings. The number of nitrogen functional groups attached to an aromatic ring is 1. The SMILES string of the molecule is CCCCCCCCC(C)C.CCCCCCOCCCOP(=O)(O)COC(CO)Cn1ccc(N)nc1=O. The fourth-order valence-electron chi connectivity index (χ4n) is 3.63. The van der Waals surface area contributed by atoms with E-state index in [1.807, 2.05) is 0 Å². The summed E-state index contributed by atoms with van der Waals surface area (Å²) in [5.74, 6) is 0.988. The largest absolute Gasteiger partial charge is 0.394 e. The smallest absolute Gasteiger partial charge is 0.353 e. The Morgan fingerprint density at radius 3 is 2.21 bits per heavy atom. The van der Waals surface area contributed by atoms with Gasteiger partial charge in [0.15, 0.2) is 0 Å². The number of nitrogens with zero attached hydrogens (tertiary/aromatic N) is 2. The lowest BCUT2D eigenvalue weighted by Crippen LogP contribution is -2.32. The number of anilines is 1. The van der Waals surface area contributed by atoms with Crippen LogP contribution in [0, 0.1) is 5.92 Å². The molecule has 1 heterocycles. The predicted octanol–water partition coefficient (Wildman–Crippen LogP) is 5.74. The first kappa shape index (κ1) is 37.7. The number of unbranched alkanes of at least 4 members (excludes halogenated alkanes) is 8. The zero-order valence-corrected chi connectivity index (χ0v) is 25.8. The van der Waals surface area contributed by atoms with Crippen LogP contribution >= 0.6 is 7.60 Å². The molecular weight excluding hydrogens is 521 g/mol. The maximum absolute atomic E-state index is 12.0. The van der Waals surface area contributed by atoms with Crippen molar-refractivity contribution in [1.82, 2.24) is 9.55 Å². The highest BCUT2D eigenvalue weighted by Crippen LogP contribution is 2.42. The van der Waals surface area contributed by atoms with E-state index in [-0.39, 0.29) is 19.0 Å². The van der Waals surface area contributed by atoms with Crippen LogP contribution in [0.1, 0.15) is 105 Å². The quantitative estimate of drug-likeness (QED) is 0.109. The summed E-state index contributed by atoms with van der Waals surface area (Å²) in [5, 5.41) is 9.37. The van der Waals surface area contributed by atoms with Crippen LogP contribution in [0.25, 0.3) is 0 Å². The molecule has 1 aromatic heterocycles. The summed E-state index contributed by atoms with van der Waals surface area (Å²) in [4.78, 5) is 25.1. The number of rotatable bonds is 23. The number of aliphatic hydroxyl groups excluding tert-OH is 1. The van der Waals surface area contributed by atoms with E-state index in [1.54, 1.807) is 0 Å². The van der Waals surface area contributed by atoms with Crippen molar-refractivity contribution >= 4 is 13.4 Å². The summed E-state index contributed by atoms with van der Waals surface area (Å²) < 4.78 is 28.8. The minimum absolute atomic E-state index is 0.0332. The first-order valence-electron chi connectivity index (χ1n) is 14.7. The van der Waals surface area contributed by atoms with Crippen molar-refractivity contribution in [1.29, 1.82) is 0 Å². The summed E-state index contributed by atoms with van der Waals surface area (Å²) >= 11 is 0. The van der Waals surface area contributed by atoms with Gasteiger partial charge in [0.1, 0.15) is 12.2 Å². The Kier molecular flexibility index (Phi) is 23.7. The van der Waals surface area contributed by atoms with Gasteiger partial charge in [-0.3, -0.25) is 9.13 Å². The van der Waals surface area contributed by atoms with E-state index in [0.29, 0.717) is 19.6 Å². The van der Waals surface area contributed by atoms with Gasteiger partial charge in [0.05, 0.1) is 25.9 Å². The van der Waals surface area contributed by atoms with Gasteiger partial charge in [-0.2, -0.15) is 4.98 Å². The molecule has 0 saturated heterocycles. The Morgan fingerprint density at radius 2 is 1.59 bits per heavy atom. The van der Waals surface area contributed by atoms with E-state index in [2.05, 4.69) is 32.7 Å². The molecule has 0 aliphatic heterocycles. The molecule has 0 saturated carbocycles. The molecule has 11 heteroatoms. The van der Waals surface area contributed by atoms with E-state index in [0.717, 1.165) is 18.8 Å². The normalized spacial score (nSPS) is 13.6. The average molecular weight is 578 g/mol. The van der Waals surface area contributed by atoms with Gasteiger partial charge in [-0.15, -0.1) is 0 Å². The Hall–Kier alpha value is -1.29. The van der Waals surface area contributed by atoms with E-state index >= 15 is 0 Å². The number of hydrogen-bond donors (Lipinski definition) is 3. The molecule has 0 aliphatic carbocycles. The lowest BCUT2D eigenvalue weighted by Gasteiger charge is -2.19. The van der Waals surface area contributed by atoms with E-state index in [1.165, 1.54) is 74.6 Å². The second-order valence-corrected chi connectivity index (χ2v) is 12.1. The fraction of sp³-hybridized carbons (Fsp3) is 0.857. The Bertz CT molecular complexity index is 808. The van der Waals surface area contributed by atoms with E-state index in [9.17, 15) is 19.4 Å². The minimum Gasteiger partial charge on any atom is -0.394 e. The highest BCUT2D eigenvalue weighted by molar-refractivity contribution is 7.52. The Morgan fingerprint density at radius 1 is 0.974 bits per heavy atom. The second kappa shape index (κ2) is 24.5. The van der Waals surface area contributed by atoms with Crippen LogP contribution in [0.4, 0.5) is 5.82 Å². The zero-order chi connectivity index (χ0) is 29.4. The van der Waals surface area contributed by atoms with Crippen LogP contribution in [0.2, 0.25) is 0 Å². The van der Waals surface area contributed by atoms with Crippen LogP contribution < -0.4 is 11.4 Å². The zero-order valence-electron chi connectivity index (χ0n) is 24.9. The van der Waals surface area contributed by atoms with Gasteiger partial charge >= 0.3 is 13.3 Å². The van der Waals surface area contributed by atoms with Gasteiger partial charge < -0.3 is 29.7 Å². The molecule has 1 rings (SSSR count). The summed E-state index contributed by atoms with van der Waals surface area (Å²) in [6.45, 7) is 9.77. The van der Waals surface area contributed by atoms with Crippen molar-refractivity contribution in [2.45, 2.75) is 117 Å². The van der Waals surface area contributed by atoms with E-state index < -0.39 is 32.3 Å². The monoisotopic (exact) mass is 577 g/mol. The molecule has 0 aromatic carbocycles. The second-order valence-electron chi connectivity index (χ2n) is 10.3. The van der Waals surface area contributed by atoms with Crippen LogP contribution in [0.5, 0.6) is 0 Å². The molecule has 39 heavy (non-hydrogen) atoms. The first-order chi connectivity index (χ1) is 18.6. The number of aliphatic hydroxyl groups is 1. The maximum Gasteiger partial charge on any atom is 0.353 e. The Balaban J connectivity index is 0.00000110. The van der Waals surface area contributed by atoms with Crippen molar-refractivity contribution in [2.24, 2.45) is 5.92 Å². The van der Waals surface area contributed by atoms with Gasteiger partial charge in [-0.05, 0) is 24.8 Å². The summed E-state index contributed by atoms with van der Waals surface area (Å²) in [6, 6.07) is 1.43. The molecule has 0 aliphatic rings. The third-order valence-corrected chi connectivity index (χ3v) is 7.04. The summed E-state index contributed by atoms with van der Waals surface area (Å²) in [7, 11) is -3.97. The first-order valence-corrected chi connectivity index (χ1v) is 16.5. The molecule has 2 atom stereocenters. The van der Waals surface area contributed by atoms with Crippen LogP contribution in [-0.2, 0) is 25.1 Å². The third-order valence-electron chi connectivity index (χ3n) is 5.98. The van der Waals surface area contributed by atoms with Gasteiger partial charge in [0, 0.05) is 19.4 Å². The van der Waals surface area contributed by atoms with Gasteiger partial charge in [-0.1, -0.05) is 91.9 Å². The molecule has 4 N–H and O–H groups in total. The molecule has 0 spiro atoms. The molecule has 0 fully saturated rings. The number of ether oxygens (including phenoxy) is 2. The van der Waals surface area contributed by atoms with Crippen LogP contribution in [0.3, 0.4) is 0 Å². The molecule has 0 radical (unpaired) electrons. The number of nitrogens with two attached hydrogens (primary N) is 1. The number of aromatic nitrogens is 2. The fourth-order valence-corrected chi connectivity index (χ4v) is 4.52. The topological polar surface area (TPSA) is 146 Å². The van der Waals surface area contributed by atoms with Crippen molar-refractivity contribution in [2.75, 3.05) is 38.5 Å². The number of hydrogen-bond acceptors (Lipinski definition) is 8. The lowest BCUT2D eigenvalue weighted by molar-refractivity contribution is 0.0162. The van der Waals surface area contributed by atoms with Crippen molar-refractivity contribution in [3.8, 4) is 0 Å². The highest BCUT2D eigenvalue weighted by Gasteiger charge is 2.22. The predicted molar refractivity (Wildman–Crippen MR) is 158 cm³/mol. The van der Waals surface area contributed by atoms with Crippen LogP contribution in [0.15, 0.2) is 17.1 Å². The highest BCUT2D eigenvalue weighted by atomic mass is 31.2. The Labute approximate surface area is 236 Å². The average Bonchev–Trinajstić information content (AvgIpc) is 2.89. The minimum atomic E-state index is -3.97. The van der Waals surface area contributed by atoms with Crippen LogP contribution in [-0.4, -0.2) is 58.4 Å². The van der Waals surface area contributed by atoms with Crippen molar-refractivity contribution in [3.63, 3.8) is 0 Å². The molecule has 0 amide bonds. The van der Waals surface area contributed by atoms with Gasteiger partial charge in [-0.25, -0.2) is 4.79 Å². The molecular formula is C28H56N3O7P. The van der Waals surface area contributed by atoms with Gasteiger partial charge in [0.2, 0.25) is 0 Å². The lowest BCUT2D eigenvalue weighted by atomic mass is 10.0. The summed E-state index contributed by atoms with van der Waals surface area (Å²) in [6.07, 6.45) is 15.0. The molecule has 230 valence electrons. The summed E-state index contributed by atoms with van der Waals surface area (Å²) in [5.41, 5.74) is 4.81.